The van der Waals surface area contributed by atoms with E-state index in [9.17, 15) is 13.2 Å². The standard InChI is InChI=1S/C10H11F3N2/c1-3-8(14-2)9-5-4-7(6-15-9)10(11,12)13/h3-6,8,14H,1H2,2H3. The van der Waals surface area contributed by atoms with Gasteiger partial charge in [-0.2, -0.15) is 13.2 Å². The van der Waals surface area contributed by atoms with Gasteiger partial charge in [-0.25, -0.2) is 0 Å². The molecule has 0 saturated heterocycles. The van der Waals surface area contributed by atoms with Gasteiger partial charge in [0, 0.05) is 6.20 Å². The van der Waals surface area contributed by atoms with Gasteiger partial charge < -0.3 is 5.32 Å². The van der Waals surface area contributed by atoms with Crippen molar-refractivity contribution in [2.45, 2.75) is 12.2 Å². The molecule has 5 heteroatoms. The van der Waals surface area contributed by atoms with Gasteiger partial charge in [0.1, 0.15) is 0 Å². The van der Waals surface area contributed by atoms with E-state index in [0.29, 0.717) is 5.69 Å². The number of nitrogens with zero attached hydrogens (tertiary/aromatic N) is 1. The number of hydrogen-bond acceptors (Lipinski definition) is 2. The van der Waals surface area contributed by atoms with Gasteiger partial charge in [0.25, 0.3) is 0 Å². The van der Waals surface area contributed by atoms with Crippen molar-refractivity contribution in [3.05, 3.63) is 42.2 Å². The average molecular weight is 216 g/mol. The fraction of sp³-hybridized carbons (Fsp3) is 0.300. The molecule has 1 N–H and O–H groups in total. The van der Waals surface area contributed by atoms with Crippen LogP contribution in [0.3, 0.4) is 0 Å². The van der Waals surface area contributed by atoms with E-state index in [0.717, 1.165) is 12.3 Å². The van der Waals surface area contributed by atoms with Crippen molar-refractivity contribution in [1.82, 2.24) is 10.3 Å². The minimum Gasteiger partial charge on any atom is -0.309 e. The second-order valence-corrected chi connectivity index (χ2v) is 2.97. The van der Waals surface area contributed by atoms with E-state index in [4.69, 9.17) is 0 Å². The van der Waals surface area contributed by atoms with Gasteiger partial charge >= 0.3 is 6.18 Å². The number of aromatic nitrogens is 1. The van der Waals surface area contributed by atoms with Crippen LogP contribution in [-0.4, -0.2) is 12.0 Å². The van der Waals surface area contributed by atoms with Crippen molar-refractivity contribution >= 4 is 0 Å². The van der Waals surface area contributed by atoms with E-state index < -0.39 is 11.7 Å². The van der Waals surface area contributed by atoms with Gasteiger partial charge in [0.05, 0.1) is 17.3 Å². The third-order valence-electron chi connectivity index (χ3n) is 1.98. The van der Waals surface area contributed by atoms with Crippen LogP contribution in [0.25, 0.3) is 0 Å². The van der Waals surface area contributed by atoms with Gasteiger partial charge in [0.15, 0.2) is 0 Å². The lowest BCUT2D eigenvalue weighted by Crippen LogP contribution is -2.15. The van der Waals surface area contributed by atoms with Crippen molar-refractivity contribution in [3.63, 3.8) is 0 Å². The zero-order valence-electron chi connectivity index (χ0n) is 8.17. The Morgan fingerprint density at radius 2 is 2.13 bits per heavy atom. The van der Waals surface area contributed by atoms with Crippen LogP contribution < -0.4 is 5.32 Å². The van der Waals surface area contributed by atoms with Crippen molar-refractivity contribution in [2.75, 3.05) is 7.05 Å². The number of rotatable bonds is 3. The van der Waals surface area contributed by atoms with Crippen LogP contribution >= 0.6 is 0 Å². The maximum atomic E-state index is 12.2. The molecule has 1 atom stereocenters. The molecule has 1 rings (SSSR count). The summed E-state index contributed by atoms with van der Waals surface area (Å²) in [6, 6.07) is 2.12. The van der Waals surface area contributed by atoms with Crippen LogP contribution in [0.2, 0.25) is 0 Å². The zero-order chi connectivity index (χ0) is 11.5. The highest BCUT2D eigenvalue weighted by Crippen LogP contribution is 2.28. The molecule has 0 fully saturated rings. The molecule has 0 aliphatic rings. The molecule has 1 heterocycles. The summed E-state index contributed by atoms with van der Waals surface area (Å²) in [5.74, 6) is 0. The topological polar surface area (TPSA) is 24.9 Å². The van der Waals surface area contributed by atoms with Crippen LogP contribution in [0.5, 0.6) is 0 Å². The number of alkyl halides is 3. The Kier molecular flexibility index (Phi) is 3.47. The molecule has 0 saturated carbocycles. The van der Waals surface area contributed by atoms with Gasteiger partial charge in [0.2, 0.25) is 0 Å². The van der Waals surface area contributed by atoms with Gasteiger partial charge in [-0.3, -0.25) is 4.98 Å². The summed E-state index contributed by atoms with van der Waals surface area (Å²) in [4.78, 5) is 3.73. The Labute approximate surface area is 85.8 Å². The Morgan fingerprint density at radius 1 is 1.47 bits per heavy atom. The first-order valence-corrected chi connectivity index (χ1v) is 4.32. The third-order valence-corrected chi connectivity index (χ3v) is 1.98. The quantitative estimate of drug-likeness (QED) is 0.785. The van der Waals surface area contributed by atoms with Gasteiger partial charge in [-0.05, 0) is 19.2 Å². The number of pyridine rings is 1. The predicted octanol–water partition coefficient (Wildman–Crippen LogP) is 2.55. The number of nitrogens with one attached hydrogen (secondary N) is 1. The van der Waals surface area contributed by atoms with Crippen LogP contribution in [0.15, 0.2) is 31.0 Å². The van der Waals surface area contributed by atoms with E-state index in [1.54, 1.807) is 13.1 Å². The largest absolute Gasteiger partial charge is 0.417 e. The summed E-state index contributed by atoms with van der Waals surface area (Å²) in [5.41, 5.74) is -0.231. The molecule has 0 aliphatic carbocycles. The van der Waals surface area contributed by atoms with Crippen molar-refractivity contribution in [1.29, 1.82) is 0 Å². The fourth-order valence-electron chi connectivity index (χ4n) is 1.14. The molecule has 0 radical (unpaired) electrons. The monoisotopic (exact) mass is 216 g/mol. The molecule has 0 spiro atoms. The zero-order valence-corrected chi connectivity index (χ0v) is 8.17. The molecule has 1 unspecified atom stereocenters. The first-order valence-electron chi connectivity index (χ1n) is 4.32. The molecule has 82 valence electrons. The van der Waals surface area contributed by atoms with Gasteiger partial charge in [-0.1, -0.05) is 6.08 Å². The van der Waals surface area contributed by atoms with Crippen molar-refractivity contribution < 1.29 is 13.2 Å². The minimum absolute atomic E-state index is 0.229. The average Bonchev–Trinajstić information content (AvgIpc) is 2.19. The van der Waals surface area contributed by atoms with Crippen LogP contribution in [0.1, 0.15) is 17.3 Å². The first kappa shape index (κ1) is 11.7. The highest BCUT2D eigenvalue weighted by atomic mass is 19.4. The normalized spacial score (nSPS) is 13.6. The molecule has 1 aromatic heterocycles. The van der Waals surface area contributed by atoms with Crippen LogP contribution in [0.4, 0.5) is 13.2 Å². The summed E-state index contributed by atoms with van der Waals surface area (Å²) in [5, 5.41) is 2.86. The molecule has 2 nitrogen and oxygen atoms in total. The van der Waals surface area contributed by atoms with Gasteiger partial charge in [-0.15, -0.1) is 6.58 Å². The van der Waals surface area contributed by atoms with E-state index in [1.807, 2.05) is 0 Å². The number of likely N-dealkylation sites (N-methyl/N-ethyl adjacent to an activating group) is 1. The molecular formula is C10H11F3N2. The SMILES string of the molecule is C=CC(NC)c1ccc(C(F)(F)F)cn1. The van der Waals surface area contributed by atoms with Crippen LogP contribution in [-0.2, 0) is 6.18 Å². The third kappa shape index (κ3) is 2.79. The maximum Gasteiger partial charge on any atom is 0.417 e. The van der Waals surface area contributed by atoms with E-state index in [1.165, 1.54) is 6.07 Å². The van der Waals surface area contributed by atoms with Crippen LogP contribution in [0, 0.1) is 0 Å². The highest BCUT2D eigenvalue weighted by Gasteiger charge is 2.30. The van der Waals surface area contributed by atoms with Crippen molar-refractivity contribution in [3.8, 4) is 0 Å². The Balaban J connectivity index is 2.94. The first-order chi connectivity index (χ1) is 6.99. The summed E-state index contributed by atoms with van der Waals surface area (Å²) < 4.78 is 36.6. The minimum atomic E-state index is -4.34. The summed E-state index contributed by atoms with van der Waals surface area (Å²) >= 11 is 0. The van der Waals surface area contributed by atoms with E-state index in [-0.39, 0.29) is 6.04 Å². The lowest BCUT2D eigenvalue weighted by Gasteiger charge is -2.11. The highest BCUT2D eigenvalue weighted by molar-refractivity contribution is 5.20. The smallest absolute Gasteiger partial charge is 0.309 e. The molecule has 15 heavy (non-hydrogen) atoms. The van der Waals surface area contributed by atoms with E-state index >= 15 is 0 Å². The lowest BCUT2D eigenvalue weighted by molar-refractivity contribution is -0.137. The molecule has 0 amide bonds. The Hall–Kier alpha value is -1.36. The Morgan fingerprint density at radius 3 is 2.47 bits per heavy atom. The van der Waals surface area contributed by atoms with Crippen molar-refractivity contribution in [2.24, 2.45) is 0 Å². The summed E-state index contributed by atoms with van der Waals surface area (Å²) in [7, 11) is 1.69. The Bertz CT molecular complexity index is 330. The number of halogens is 3. The molecular weight excluding hydrogens is 205 g/mol. The fourth-order valence-corrected chi connectivity index (χ4v) is 1.14. The molecule has 1 aromatic rings. The second kappa shape index (κ2) is 4.44. The predicted molar refractivity (Wildman–Crippen MR) is 51.2 cm³/mol. The second-order valence-electron chi connectivity index (χ2n) is 2.97. The lowest BCUT2D eigenvalue weighted by atomic mass is 10.1. The summed E-state index contributed by atoms with van der Waals surface area (Å²) in [6.45, 7) is 3.55. The summed E-state index contributed by atoms with van der Waals surface area (Å²) in [6.07, 6.45) is -1.94. The number of hydrogen-bond donors (Lipinski definition) is 1. The maximum absolute atomic E-state index is 12.2. The molecule has 0 aromatic carbocycles. The molecule has 0 aliphatic heterocycles. The van der Waals surface area contributed by atoms with E-state index in [2.05, 4.69) is 16.9 Å². The molecule has 0 bridgehead atoms.